The van der Waals surface area contributed by atoms with Crippen molar-refractivity contribution < 1.29 is 5.11 Å². The highest BCUT2D eigenvalue weighted by Crippen LogP contribution is 2.24. The largest absolute Gasteiger partial charge is 0.387 e. The van der Waals surface area contributed by atoms with E-state index in [1.54, 1.807) is 0 Å². The van der Waals surface area contributed by atoms with Gasteiger partial charge in [-0.05, 0) is 36.0 Å². The Kier molecular flexibility index (Phi) is 5.06. The van der Waals surface area contributed by atoms with Gasteiger partial charge in [-0.1, -0.05) is 26.0 Å². The molecule has 0 radical (unpaired) electrons. The Morgan fingerprint density at radius 1 is 1.15 bits per heavy atom. The van der Waals surface area contributed by atoms with E-state index in [0.717, 1.165) is 37.0 Å². The third kappa shape index (κ3) is 3.97. The standard InChI is InChI=1S/C17H28N2O/c1-13-9-14(2)11-19(10-13)12-17(20)15-5-7-16(8-6-15)18(3)4/h5-8,13-14,17,20H,9-12H2,1-4H3. The van der Waals surface area contributed by atoms with Crippen molar-refractivity contribution in [3.8, 4) is 0 Å². The van der Waals surface area contributed by atoms with Gasteiger partial charge in [-0.15, -0.1) is 0 Å². The number of likely N-dealkylation sites (tertiary alicyclic amines) is 1. The molecule has 0 aliphatic carbocycles. The fourth-order valence-electron chi connectivity index (χ4n) is 3.29. The molecule has 2 rings (SSSR count). The van der Waals surface area contributed by atoms with Crippen molar-refractivity contribution in [3.05, 3.63) is 29.8 Å². The lowest BCUT2D eigenvalue weighted by Gasteiger charge is -2.36. The first-order valence-electron chi connectivity index (χ1n) is 7.63. The fraction of sp³-hybridized carbons (Fsp3) is 0.647. The monoisotopic (exact) mass is 276 g/mol. The van der Waals surface area contributed by atoms with Gasteiger partial charge in [0.15, 0.2) is 0 Å². The molecular formula is C17H28N2O. The average molecular weight is 276 g/mol. The quantitative estimate of drug-likeness (QED) is 0.916. The molecule has 1 aliphatic rings. The Labute approximate surface area is 123 Å². The van der Waals surface area contributed by atoms with Gasteiger partial charge >= 0.3 is 0 Å². The summed E-state index contributed by atoms with van der Waals surface area (Å²) in [5, 5.41) is 10.4. The highest BCUT2D eigenvalue weighted by Gasteiger charge is 2.23. The van der Waals surface area contributed by atoms with E-state index < -0.39 is 0 Å². The van der Waals surface area contributed by atoms with Crippen LogP contribution < -0.4 is 4.90 Å². The fourth-order valence-corrected chi connectivity index (χ4v) is 3.29. The molecule has 1 saturated heterocycles. The van der Waals surface area contributed by atoms with E-state index in [1.165, 1.54) is 12.1 Å². The second kappa shape index (κ2) is 6.59. The number of hydrogen-bond donors (Lipinski definition) is 1. The summed E-state index contributed by atoms with van der Waals surface area (Å²) in [5.74, 6) is 1.48. The molecule has 3 nitrogen and oxygen atoms in total. The lowest BCUT2D eigenvalue weighted by atomic mass is 9.91. The van der Waals surface area contributed by atoms with Crippen LogP contribution in [-0.4, -0.2) is 43.7 Å². The van der Waals surface area contributed by atoms with Crippen LogP contribution in [0.3, 0.4) is 0 Å². The van der Waals surface area contributed by atoms with E-state index in [1.807, 2.05) is 26.2 Å². The minimum atomic E-state index is -0.385. The molecule has 3 atom stereocenters. The number of aliphatic hydroxyl groups excluding tert-OH is 1. The van der Waals surface area contributed by atoms with Gasteiger partial charge in [0.2, 0.25) is 0 Å². The minimum absolute atomic E-state index is 0.385. The van der Waals surface area contributed by atoms with Crippen LogP contribution in [0.15, 0.2) is 24.3 Å². The zero-order chi connectivity index (χ0) is 14.7. The Balaban J connectivity index is 1.95. The average Bonchev–Trinajstić information content (AvgIpc) is 2.37. The first-order valence-corrected chi connectivity index (χ1v) is 7.63. The van der Waals surface area contributed by atoms with Crippen LogP contribution in [0.1, 0.15) is 31.9 Å². The Hall–Kier alpha value is -1.06. The second-order valence-electron chi connectivity index (χ2n) is 6.67. The van der Waals surface area contributed by atoms with Crippen molar-refractivity contribution in [1.82, 2.24) is 4.90 Å². The summed E-state index contributed by atoms with van der Waals surface area (Å²) in [5.41, 5.74) is 2.18. The molecule has 112 valence electrons. The van der Waals surface area contributed by atoms with Gasteiger partial charge in [-0.25, -0.2) is 0 Å². The van der Waals surface area contributed by atoms with Crippen LogP contribution in [0.2, 0.25) is 0 Å². The number of benzene rings is 1. The lowest BCUT2D eigenvalue weighted by Crippen LogP contribution is -2.40. The third-order valence-corrected chi connectivity index (χ3v) is 4.17. The first kappa shape index (κ1) is 15.3. The molecule has 0 spiro atoms. The third-order valence-electron chi connectivity index (χ3n) is 4.17. The molecule has 1 N–H and O–H groups in total. The van der Waals surface area contributed by atoms with Gasteiger partial charge in [0.1, 0.15) is 0 Å². The summed E-state index contributed by atoms with van der Waals surface area (Å²) in [4.78, 5) is 4.48. The lowest BCUT2D eigenvalue weighted by molar-refractivity contribution is 0.0699. The zero-order valence-corrected chi connectivity index (χ0v) is 13.2. The predicted molar refractivity (Wildman–Crippen MR) is 85.1 cm³/mol. The molecule has 0 bridgehead atoms. The summed E-state index contributed by atoms with van der Waals surface area (Å²) in [6.45, 7) is 7.58. The normalized spacial score (nSPS) is 25.4. The van der Waals surface area contributed by atoms with Crippen LogP contribution in [0, 0.1) is 11.8 Å². The van der Waals surface area contributed by atoms with Gasteiger partial charge in [0.05, 0.1) is 6.10 Å². The highest BCUT2D eigenvalue weighted by atomic mass is 16.3. The maximum atomic E-state index is 10.4. The molecular weight excluding hydrogens is 248 g/mol. The van der Waals surface area contributed by atoms with Crippen molar-refractivity contribution in [3.63, 3.8) is 0 Å². The smallest absolute Gasteiger partial charge is 0.0916 e. The van der Waals surface area contributed by atoms with Gasteiger partial charge in [-0.3, -0.25) is 4.90 Å². The minimum Gasteiger partial charge on any atom is -0.387 e. The summed E-state index contributed by atoms with van der Waals surface area (Å²) in [7, 11) is 4.06. The summed E-state index contributed by atoms with van der Waals surface area (Å²) < 4.78 is 0. The van der Waals surface area contributed by atoms with E-state index in [4.69, 9.17) is 0 Å². The van der Waals surface area contributed by atoms with E-state index in [9.17, 15) is 5.11 Å². The molecule has 0 aromatic heterocycles. The van der Waals surface area contributed by atoms with Crippen LogP contribution in [0.4, 0.5) is 5.69 Å². The predicted octanol–water partition coefficient (Wildman–Crippen LogP) is 2.76. The van der Waals surface area contributed by atoms with Crippen molar-refractivity contribution in [2.75, 3.05) is 38.6 Å². The van der Waals surface area contributed by atoms with Crippen molar-refractivity contribution >= 4 is 5.69 Å². The maximum Gasteiger partial charge on any atom is 0.0916 e. The number of β-amino-alcohol motifs (C(OH)–C–C–N with tert-alkyl or cyclic N) is 1. The number of aliphatic hydroxyl groups is 1. The number of nitrogens with zero attached hydrogens (tertiary/aromatic N) is 2. The topological polar surface area (TPSA) is 26.7 Å². The molecule has 1 heterocycles. The first-order chi connectivity index (χ1) is 9.45. The van der Waals surface area contributed by atoms with Gasteiger partial charge in [0, 0.05) is 39.4 Å². The molecule has 3 heteroatoms. The Morgan fingerprint density at radius 3 is 2.20 bits per heavy atom. The molecule has 0 amide bonds. The molecule has 1 fully saturated rings. The summed E-state index contributed by atoms with van der Waals surface area (Å²) in [6.07, 6.45) is 0.924. The maximum absolute atomic E-state index is 10.4. The van der Waals surface area contributed by atoms with Crippen LogP contribution >= 0.6 is 0 Å². The van der Waals surface area contributed by atoms with Crippen molar-refractivity contribution in [2.45, 2.75) is 26.4 Å². The van der Waals surface area contributed by atoms with E-state index >= 15 is 0 Å². The van der Waals surface area contributed by atoms with E-state index in [-0.39, 0.29) is 6.10 Å². The van der Waals surface area contributed by atoms with Crippen LogP contribution in [-0.2, 0) is 0 Å². The Morgan fingerprint density at radius 2 is 1.70 bits per heavy atom. The van der Waals surface area contributed by atoms with Crippen molar-refractivity contribution in [2.24, 2.45) is 11.8 Å². The molecule has 1 aromatic rings. The van der Waals surface area contributed by atoms with E-state index in [2.05, 4.69) is 35.8 Å². The van der Waals surface area contributed by atoms with Gasteiger partial charge < -0.3 is 10.0 Å². The van der Waals surface area contributed by atoms with Gasteiger partial charge in [0.25, 0.3) is 0 Å². The molecule has 1 aliphatic heterocycles. The van der Waals surface area contributed by atoms with Crippen molar-refractivity contribution in [1.29, 1.82) is 0 Å². The van der Waals surface area contributed by atoms with E-state index in [0.29, 0.717) is 0 Å². The molecule has 20 heavy (non-hydrogen) atoms. The Bertz CT molecular complexity index is 406. The number of anilines is 1. The van der Waals surface area contributed by atoms with Gasteiger partial charge in [-0.2, -0.15) is 0 Å². The SMILES string of the molecule is CC1CC(C)CN(CC(O)c2ccc(N(C)C)cc2)C1. The number of piperidine rings is 1. The zero-order valence-electron chi connectivity index (χ0n) is 13.2. The second-order valence-corrected chi connectivity index (χ2v) is 6.67. The molecule has 1 aromatic carbocycles. The molecule has 3 unspecified atom stereocenters. The summed E-state index contributed by atoms with van der Waals surface area (Å²) >= 11 is 0. The number of rotatable bonds is 4. The molecule has 0 saturated carbocycles. The summed E-state index contributed by atoms with van der Waals surface area (Å²) in [6, 6.07) is 8.22. The van der Waals surface area contributed by atoms with Crippen LogP contribution in [0.25, 0.3) is 0 Å². The highest BCUT2D eigenvalue weighted by molar-refractivity contribution is 5.46. The van der Waals surface area contributed by atoms with Crippen LogP contribution in [0.5, 0.6) is 0 Å². The number of hydrogen-bond acceptors (Lipinski definition) is 3.